The number of nitrogens with zero attached hydrogens (tertiary/aromatic N) is 1. The van der Waals surface area contributed by atoms with Crippen molar-refractivity contribution in [3.05, 3.63) is 51.0 Å². The van der Waals surface area contributed by atoms with E-state index < -0.39 is 0 Å². The molecule has 3 heteroatoms. The summed E-state index contributed by atoms with van der Waals surface area (Å²) in [5.74, 6) is 0. The van der Waals surface area contributed by atoms with Crippen LogP contribution in [0.1, 0.15) is 47.3 Å². The molecular formula is C17H24N2S. The lowest BCUT2D eigenvalue weighted by Crippen LogP contribution is -2.31. The Morgan fingerprint density at radius 1 is 1.25 bits per heavy atom. The molecule has 108 valence electrons. The van der Waals surface area contributed by atoms with E-state index in [0.717, 1.165) is 17.8 Å². The summed E-state index contributed by atoms with van der Waals surface area (Å²) >= 11 is 1.83. The summed E-state index contributed by atoms with van der Waals surface area (Å²) in [4.78, 5) is 6.04. The Morgan fingerprint density at radius 2 is 2.00 bits per heavy atom. The summed E-state index contributed by atoms with van der Waals surface area (Å²) in [6.45, 7) is 10.8. The van der Waals surface area contributed by atoms with Crippen molar-refractivity contribution in [1.82, 2.24) is 10.3 Å². The minimum atomic E-state index is 0.332. The zero-order valence-corrected chi connectivity index (χ0v) is 13.8. The summed E-state index contributed by atoms with van der Waals surface area (Å²) < 4.78 is 0. The van der Waals surface area contributed by atoms with Gasteiger partial charge in [-0.05, 0) is 69.7 Å². The van der Waals surface area contributed by atoms with Crippen LogP contribution in [0.2, 0.25) is 0 Å². The van der Waals surface area contributed by atoms with Crippen molar-refractivity contribution < 1.29 is 0 Å². The first kappa shape index (κ1) is 15.2. The molecule has 2 nitrogen and oxygen atoms in total. The topological polar surface area (TPSA) is 24.9 Å². The summed E-state index contributed by atoms with van der Waals surface area (Å²) in [5, 5.41) is 5.84. The molecule has 0 bridgehead atoms. The lowest BCUT2D eigenvalue weighted by Gasteiger charge is -2.23. The van der Waals surface area contributed by atoms with Crippen molar-refractivity contribution in [2.75, 3.05) is 0 Å². The van der Waals surface area contributed by atoms with E-state index in [1.54, 1.807) is 0 Å². The third-order valence-electron chi connectivity index (χ3n) is 3.64. The Morgan fingerprint density at radius 3 is 2.60 bits per heavy atom. The van der Waals surface area contributed by atoms with Gasteiger partial charge in [-0.1, -0.05) is 6.07 Å². The maximum Gasteiger partial charge on any atom is 0.0426 e. The van der Waals surface area contributed by atoms with E-state index >= 15 is 0 Å². The molecule has 20 heavy (non-hydrogen) atoms. The van der Waals surface area contributed by atoms with Crippen LogP contribution in [-0.2, 0) is 6.42 Å². The highest BCUT2D eigenvalue weighted by Crippen LogP contribution is 2.22. The van der Waals surface area contributed by atoms with Crippen LogP contribution < -0.4 is 5.32 Å². The molecular weight excluding hydrogens is 264 g/mol. The van der Waals surface area contributed by atoms with Crippen molar-refractivity contribution >= 4 is 11.3 Å². The number of thiophene rings is 1. The molecule has 0 spiro atoms. The average Bonchev–Trinajstić information content (AvgIpc) is 2.79. The number of hydrogen-bond donors (Lipinski definition) is 1. The predicted octanol–water partition coefficient (Wildman–Crippen LogP) is 4.35. The van der Waals surface area contributed by atoms with Crippen molar-refractivity contribution in [3.8, 4) is 0 Å². The second-order valence-corrected chi connectivity index (χ2v) is 6.68. The number of rotatable bonds is 5. The second-order valence-electron chi connectivity index (χ2n) is 5.65. The number of aryl methyl sites for hydroxylation is 3. The summed E-state index contributed by atoms with van der Waals surface area (Å²) in [5.41, 5.74) is 4.92. The van der Waals surface area contributed by atoms with E-state index in [2.05, 4.69) is 68.5 Å². The number of nitrogens with one attached hydrogen (secondary N) is 1. The number of aromatic nitrogens is 1. The quantitative estimate of drug-likeness (QED) is 0.884. The van der Waals surface area contributed by atoms with Crippen LogP contribution >= 0.6 is 11.3 Å². The lowest BCUT2D eigenvalue weighted by molar-refractivity contribution is 0.475. The molecule has 0 aliphatic carbocycles. The largest absolute Gasteiger partial charge is 0.307 e. The van der Waals surface area contributed by atoms with Gasteiger partial charge in [0.1, 0.15) is 0 Å². The van der Waals surface area contributed by atoms with Gasteiger partial charge in [0, 0.05) is 28.3 Å². The van der Waals surface area contributed by atoms with Crippen LogP contribution in [0.3, 0.4) is 0 Å². The van der Waals surface area contributed by atoms with Crippen LogP contribution in [0.15, 0.2) is 23.6 Å². The molecule has 0 aliphatic rings. The molecule has 0 saturated heterocycles. The minimum Gasteiger partial charge on any atom is -0.307 e. The molecule has 2 heterocycles. The summed E-state index contributed by atoms with van der Waals surface area (Å²) in [7, 11) is 0. The molecule has 0 aromatic carbocycles. The van der Waals surface area contributed by atoms with E-state index in [1.165, 1.54) is 16.0 Å². The maximum absolute atomic E-state index is 4.60. The normalized spacial score (nSPS) is 14.2. The van der Waals surface area contributed by atoms with Crippen LogP contribution in [-0.4, -0.2) is 11.0 Å². The average molecular weight is 288 g/mol. The van der Waals surface area contributed by atoms with Gasteiger partial charge in [-0.2, -0.15) is 0 Å². The fourth-order valence-corrected chi connectivity index (χ4v) is 3.82. The van der Waals surface area contributed by atoms with Crippen molar-refractivity contribution in [2.24, 2.45) is 0 Å². The first-order valence-electron chi connectivity index (χ1n) is 7.20. The molecule has 2 aromatic rings. The molecule has 0 fully saturated rings. The third-order valence-corrected chi connectivity index (χ3v) is 4.54. The molecule has 2 unspecified atom stereocenters. The smallest absolute Gasteiger partial charge is 0.0426 e. The van der Waals surface area contributed by atoms with Crippen molar-refractivity contribution in [3.63, 3.8) is 0 Å². The van der Waals surface area contributed by atoms with Crippen molar-refractivity contribution in [1.29, 1.82) is 0 Å². The minimum absolute atomic E-state index is 0.332. The Balaban J connectivity index is 2.06. The molecule has 0 saturated carbocycles. The van der Waals surface area contributed by atoms with Crippen molar-refractivity contribution in [2.45, 2.75) is 53.1 Å². The fraction of sp³-hybridized carbons (Fsp3) is 0.471. The first-order chi connectivity index (χ1) is 9.47. The van der Waals surface area contributed by atoms with Gasteiger partial charge in [-0.15, -0.1) is 11.3 Å². The standard InChI is InChI=1S/C17H24N2S/c1-11-9-12(2)18-14(4)17(11)15(5)19-13(3)10-16-7-6-8-20-16/h6-9,13,15,19H,10H2,1-5H3. The Labute approximate surface area is 126 Å². The highest BCUT2D eigenvalue weighted by atomic mass is 32.1. The van der Waals surface area contributed by atoms with Gasteiger partial charge in [0.2, 0.25) is 0 Å². The zero-order chi connectivity index (χ0) is 14.7. The molecule has 0 aliphatic heterocycles. The maximum atomic E-state index is 4.60. The second kappa shape index (κ2) is 6.51. The van der Waals surface area contributed by atoms with Gasteiger partial charge in [0.25, 0.3) is 0 Å². The Hall–Kier alpha value is -1.19. The molecule has 2 atom stereocenters. The first-order valence-corrected chi connectivity index (χ1v) is 8.08. The van der Waals surface area contributed by atoms with Crippen LogP contribution in [0.25, 0.3) is 0 Å². The lowest BCUT2D eigenvalue weighted by atomic mass is 9.99. The van der Waals surface area contributed by atoms with Crippen LogP contribution in [0, 0.1) is 20.8 Å². The predicted molar refractivity (Wildman–Crippen MR) is 87.5 cm³/mol. The fourth-order valence-electron chi connectivity index (χ4n) is 2.99. The molecule has 0 radical (unpaired) electrons. The van der Waals surface area contributed by atoms with E-state index in [1.807, 2.05) is 11.3 Å². The monoisotopic (exact) mass is 288 g/mol. The van der Waals surface area contributed by atoms with Crippen LogP contribution in [0.5, 0.6) is 0 Å². The van der Waals surface area contributed by atoms with Gasteiger partial charge in [-0.25, -0.2) is 0 Å². The SMILES string of the molecule is Cc1cc(C)c(C(C)NC(C)Cc2cccs2)c(C)n1. The number of pyridine rings is 1. The molecule has 2 rings (SSSR count). The van der Waals surface area contributed by atoms with E-state index in [4.69, 9.17) is 0 Å². The van der Waals surface area contributed by atoms with Gasteiger partial charge in [0.05, 0.1) is 0 Å². The van der Waals surface area contributed by atoms with Gasteiger partial charge < -0.3 is 5.32 Å². The molecule has 0 amide bonds. The van der Waals surface area contributed by atoms with Crippen LogP contribution in [0.4, 0.5) is 0 Å². The zero-order valence-electron chi connectivity index (χ0n) is 13.0. The van der Waals surface area contributed by atoms with Gasteiger partial charge in [0.15, 0.2) is 0 Å². The van der Waals surface area contributed by atoms with E-state index in [9.17, 15) is 0 Å². The highest BCUT2D eigenvalue weighted by Gasteiger charge is 2.15. The van der Waals surface area contributed by atoms with E-state index in [0.29, 0.717) is 12.1 Å². The third kappa shape index (κ3) is 3.68. The molecule has 2 aromatic heterocycles. The summed E-state index contributed by atoms with van der Waals surface area (Å²) in [6.07, 6.45) is 1.08. The van der Waals surface area contributed by atoms with Gasteiger partial charge >= 0.3 is 0 Å². The Bertz CT molecular complexity index is 537. The van der Waals surface area contributed by atoms with E-state index in [-0.39, 0.29) is 0 Å². The number of hydrogen-bond acceptors (Lipinski definition) is 3. The Kier molecular flexibility index (Phi) is 4.95. The summed E-state index contributed by atoms with van der Waals surface area (Å²) in [6, 6.07) is 7.29. The molecule has 1 N–H and O–H groups in total. The van der Waals surface area contributed by atoms with Gasteiger partial charge in [-0.3, -0.25) is 4.98 Å². The highest BCUT2D eigenvalue weighted by molar-refractivity contribution is 7.09.